The summed E-state index contributed by atoms with van der Waals surface area (Å²) >= 11 is 0. The van der Waals surface area contributed by atoms with Gasteiger partial charge in [0.05, 0.1) is 22.2 Å². The topological polar surface area (TPSA) is 25.8 Å². The lowest BCUT2D eigenvalue weighted by Crippen LogP contribution is -2.43. The number of hydrogen-bond donors (Lipinski definition) is 0. The molecule has 75 heavy (non-hydrogen) atoms. The summed E-state index contributed by atoms with van der Waals surface area (Å²) in [5.41, 5.74) is 28.7. The van der Waals surface area contributed by atoms with E-state index in [1.165, 1.54) is 100 Å². The van der Waals surface area contributed by atoms with Crippen molar-refractivity contribution < 1.29 is 0 Å². The molecule has 16 rings (SSSR count). The minimum atomic E-state index is -0.553. The van der Waals surface area contributed by atoms with Gasteiger partial charge in [0.25, 0.3) is 0 Å². The average molecular weight is 951 g/mol. The van der Waals surface area contributed by atoms with Gasteiger partial charge in [0, 0.05) is 22.6 Å². The smallest absolute Gasteiger partial charge is 0.160 e. The zero-order valence-electron chi connectivity index (χ0n) is 41.0. The quantitative estimate of drug-likeness (QED) is 0.172. The van der Waals surface area contributed by atoms with Crippen LogP contribution in [0.3, 0.4) is 0 Å². The molecule has 348 valence electrons. The summed E-state index contributed by atoms with van der Waals surface area (Å²) in [6, 6.07) is 101. The van der Waals surface area contributed by atoms with E-state index in [4.69, 9.17) is 9.97 Å². The Labute approximate surface area is 437 Å². The molecule has 12 aromatic rings. The minimum Gasteiger partial charge on any atom is -0.228 e. The molecular weight excluding hydrogens is 905 g/mol. The van der Waals surface area contributed by atoms with Crippen molar-refractivity contribution >= 4 is 0 Å². The van der Waals surface area contributed by atoms with Gasteiger partial charge in [-0.3, -0.25) is 0 Å². The Bertz CT molecular complexity index is 4160. The van der Waals surface area contributed by atoms with Crippen LogP contribution in [0.4, 0.5) is 0 Å². The Morgan fingerprint density at radius 2 is 0.600 bits per heavy atom. The third-order valence-electron chi connectivity index (χ3n) is 17.1. The van der Waals surface area contributed by atoms with Crippen LogP contribution < -0.4 is 0 Å². The predicted octanol–water partition coefficient (Wildman–Crippen LogP) is 17.3. The molecule has 0 amide bonds. The molecule has 1 aromatic heterocycles. The molecule has 0 unspecified atom stereocenters. The molecule has 0 radical (unpaired) electrons. The third kappa shape index (κ3) is 5.80. The molecule has 0 aliphatic heterocycles. The van der Waals surface area contributed by atoms with Crippen molar-refractivity contribution in [3.8, 4) is 78.4 Å². The molecular formula is C73H46N2. The molecule has 0 saturated heterocycles. The fraction of sp³-hybridized carbons (Fsp3) is 0.0411. The number of aromatic nitrogens is 2. The van der Waals surface area contributed by atoms with Gasteiger partial charge in [-0.15, -0.1) is 0 Å². The molecule has 11 aromatic carbocycles. The zero-order valence-corrected chi connectivity index (χ0v) is 41.0. The minimum absolute atomic E-state index is 0.179. The summed E-state index contributed by atoms with van der Waals surface area (Å²) in [5.74, 6) is 0.885. The van der Waals surface area contributed by atoms with Gasteiger partial charge >= 0.3 is 0 Å². The number of benzene rings is 11. The molecule has 0 saturated carbocycles. The van der Waals surface area contributed by atoms with E-state index in [-0.39, 0.29) is 5.92 Å². The second kappa shape index (κ2) is 16.0. The molecule has 0 atom stereocenters. The van der Waals surface area contributed by atoms with Crippen LogP contribution in [0, 0.1) is 0 Å². The van der Waals surface area contributed by atoms with Crippen LogP contribution in [0.5, 0.6) is 0 Å². The molecule has 2 nitrogen and oxygen atoms in total. The van der Waals surface area contributed by atoms with Gasteiger partial charge in [0.15, 0.2) is 5.82 Å². The largest absolute Gasteiger partial charge is 0.228 e. The zero-order chi connectivity index (χ0) is 49.2. The maximum absolute atomic E-state index is 5.32. The lowest BCUT2D eigenvalue weighted by molar-refractivity contribution is 0.633. The van der Waals surface area contributed by atoms with E-state index < -0.39 is 10.8 Å². The maximum atomic E-state index is 5.32. The lowest BCUT2D eigenvalue weighted by atomic mass is 9.52. The summed E-state index contributed by atoms with van der Waals surface area (Å²) < 4.78 is 0. The average Bonchev–Trinajstić information content (AvgIpc) is 4.11. The highest BCUT2D eigenvalue weighted by Crippen LogP contribution is 2.67. The van der Waals surface area contributed by atoms with Gasteiger partial charge in [-0.2, -0.15) is 0 Å². The Morgan fingerprint density at radius 3 is 1.11 bits per heavy atom. The first kappa shape index (κ1) is 42.1. The van der Waals surface area contributed by atoms with Crippen LogP contribution in [0.1, 0.15) is 67.1 Å². The van der Waals surface area contributed by atoms with Crippen LogP contribution in [0.15, 0.2) is 273 Å². The summed E-state index contributed by atoms with van der Waals surface area (Å²) in [6.07, 6.45) is 0. The van der Waals surface area contributed by atoms with E-state index in [9.17, 15) is 0 Å². The van der Waals surface area contributed by atoms with Crippen LogP contribution in [-0.4, -0.2) is 9.97 Å². The van der Waals surface area contributed by atoms with E-state index in [0.717, 1.165) is 33.6 Å². The van der Waals surface area contributed by atoms with Crippen LogP contribution >= 0.6 is 0 Å². The number of fused-ring (bicyclic) bond motifs is 19. The van der Waals surface area contributed by atoms with Gasteiger partial charge < -0.3 is 0 Å². The van der Waals surface area contributed by atoms with Crippen LogP contribution in [-0.2, 0) is 10.8 Å². The van der Waals surface area contributed by atoms with Crippen molar-refractivity contribution in [2.75, 3.05) is 0 Å². The first-order valence-corrected chi connectivity index (χ1v) is 26.2. The van der Waals surface area contributed by atoms with Gasteiger partial charge in [-0.25, -0.2) is 9.97 Å². The third-order valence-corrected chi connectivity index (χ3v) is 17.1. The molecule has 0 bridgehead atoms. The highest BCUT2D eigenvalue weighted by Gasteiger charge is 2.58. The fourth-order valence-electron chi connectivity index (χ4n) is 14.1. The van der Waals surface area contributed by atoms with Crippen molar-refractivity contribution in [2.45, 2.75) is 16.7 Å². The first-order valence-electron chi connectivity index (χ1n) is 26.2. The summed E-state index contributed by atoms with van der Waals surface area (Å²) in [6.45, 7) is 0. The highest BCUT2D eigenvalue weighted by molar-refractivity contribution is 5.95. The van der Waals surface area contributed by atoms with Gasteiger partial charge in [-0.1, -0.05) is 261 Å². The highest BCUT2D eigenvalue weighted by atomic mass is 14.9. The molecule has 1 heterocycles. The van der Waals surface area contributed by atoms with Gasteiger partial charge in [-0.05, 0) is 118 Å². The van der Waals surface area contributed by atoms with Crippen LogP contribution in [0.2, 0.25) is 0 Å². The Balaban J connectivity index is 0.813. The molecule has 4 aliphatic carbocycles. The van der Waals surface area contributed by atoms with Crippen molar-refractivity contribution in [3.63, 3.8) is 0 Å². The molecule has 2 heteroatoms. The summed E-state index contributed by atoms with van der Waals surface area (Å²) in [7, 11) is 0. The lowest BCUT2D eigenvalue weighted by Gasteiger charge is -2.48. The maximum Gasteiger partial charge on any atom is 0.160 e. The van der Waals surface area contributed by atoms with Crippen molar-refractivity contribution in [1.29, 1.82) is 0 Å². The normalized spacial score (nSPS) is 14.3. The first-order chi connectivity index (χ1) is 37.2. The van der Waals surface area contributed by atoms with Crippen LogP contribution in [0.25, 0.3) is 78.4 Å². The summed E-state index contributed by atoms with van der Waals surface area (Å²) in [4.78, 5) is 10.5. The second-order valence-corrected chi connectivity index (χ2v) is 20.6. The number of rotatable bonds is 5. The van der Waals surface area contributed by atoms with Crippen molar-refractivity contribution in [1.82, 2.24) is 9.97 Å². The van der Waals surface area contributed by atoms with Crippen molar-refractivity contribution in [3.05, 3.63) is 334 Å². The van der Waals surface area contributed by atoms with E-state index in [1.807, 2.05) is 0 Å². The van der Waals surface area contributed by atoms with E-state index >= 15 is 0 Å². The van der Waals surface area contributed by atoms with Crippen molar-refractivity contribution in [2.24, 2.45) is 0 Å². The summed E-state index contributed by atoms with van der Waals surface area (Å²) in [5, 5.41) is 0. The Morgan fingerprint density at radius 1 is 0.240 bits per heavy atom. The number of hydrogen-bond acceptors (Lipinski definition) is 2. The SMILES string of the molecule is c1ccc(-c2cc(-c3ccc(-c4ccc5c(c4)C4(c6ccccc6-5)c5ccccc5C5(c6ccccc6-c6ccccc65)c5ccccc54)cc3)nc(-c3ccc(C4c5ccccc5-c5ccccc54)cc3)n2)cc1. The second-order valence-electron chi connectivity index (χ2n) is 20.6. The Hall–Kier alpha value is -9.50. The fourth-order valence-corrected chi connectivity index (χ4v) is 14.1. The van der Waals surface area contributed by atoms with Gasteiger partial charge in [0.1, 0.15) is 0 Å². The monoisotopic (exact) mass is 950 g/mol. The van der Waals surface area contributed by atoms with E-state index in [1.54, 1.807) is 0 Å². The standard InChI is InChI=1S/C73H46N2/c1-2-18-47(19-3-1)68-45-69(75-71(74-68)50-40-38-49(39-41-50)70-58-25-6-4-20-52(58)53-21-5-7-26-59(53)70)48-36-34-46(35-37-48)51-42-43-57-56-24-10-13-29-62(56)73(67(57)44-51)65-32-16-14-30-63(65)72(64-31-15-17-33-66(64)73)60-27-11-8-22-54(60)55-23-9-12-28-61(55)72/h1-45,70H. The van der Waals surface area contributed by atoms with Gasteiger partial charge in [0.2, 0.25) is 0 Å². The molecule has 4 aliphatic rings. The molecule has 0 fully saturated rings. The van der Waals surface area contributed by atoms with E-state index in [2.05, 4.69) is 273 Å². The Kier molecular flexibility index (Phi) is 8.97. The molecule has 2 spiro atoms. The van der Waals surface area contributed by atoms with E-state index in [0.29, 0.717) is 5.82 Å². The predicted molar refractivity (Wildman–Crippen MR) is 305 cm³/mol. The number of nitrogens with zero attached hydrogens (tertiary/aromatic N) is 2. The molecule has 0 N–H and O–H groups in total.